The van der Waals surface area contributed by atoms with Gasteiger partial charge in [0.05, 0.1) is 29.4 Å². The molecule has 3 heterocycles. The molecule has 10 heteroatoms. The quantitative estimate of drug-likeness (QED) is 0.221. The predicted molar refractivity (Wildman–Crippen MR) is 152 cm³/mol. The molecule has 38 heavy (non-hydrogen) atoms. The van der Waals surface area contributed by atoms with Crippen molar-refractivity contribution < 1.29 is 14.3 Å². The lowest BCUT2D eigenvalue weighted by Gasteiger charge is -2.49. The van der Waals surface area contributed by atoms with Crippen molar-refractivity contribution in [2.45, 2.75) is 57.2 Å². The number of hydrogen-bond donors (Lipinski definition) is 2. The second kappa shape index (κ2) is 12.0. The summed E-state index contributed by atoms with van der Waals surface area (Å²) in [5.74, 6) is 0.665. The molecule has 1 aliphatic carbocycles. The average Bonchev–Trinajstić information content (AvgIpc) is 3.78. The van der Waals surface area contributed by atoms with E-state index in [9.17, 15) is 4.79 Å². The maximum Gasteiger partial charge on any atom is 0.272 e. The fourth-order valence-corrected chi connectivity index (χ4v) is 5.89. The highest BCUT2D eigenvalue weighted by molar-refractivity contribution is 6.42. The van der Waals surface area contributed by atoms with Gasteiger partial charge in [-0.15, -0.1) is 0 Å². The average molecular weight is 563 g/mol. The van der Waals surface area contributed by atoms with Gasteiger partial charge in [-0.1, -0.05) is 29.8 Å². The van der Waals surface area contributed by atoms with Gasteiger partial charge in [0.25, 0.3) is 5.91 Å². The van der Waals surface area contributed by atoms with Gasteiger partial charge in [-0.05, 0) is 57.2 Å². The summed E-state index contributed by atoms with van der Waals surface area (Å²) in [6.07, 6.45) is 5.02. The molecule has 0 spiro atoms. The zero-order valence-corrected chi connectivity index (χ0v) is 23.4. The Labute approximate surface area is 234 Å². The summed E-state index contributed by atoms with van der Waals surface area (Å²) in [6, 6.07) is 6.10. The summed E-state index contributed by atoms with van der Waals surface area (Å²) in [5.41, 5.74) is 8.59. The first-order chi connectivity index (χ1) is 18.3. The van der Waals surface area contributed by atoms with E-state index in [1.165, 1.54) is 0 Å². The van der Waals surface area contributed by atoms with E-state index in [0.29, 0.717) is 64.6 Å². The van der Waals surface area contributed by atoms with Gasteiger partial charge >= 0.3 is 0 Å². The number of halogens is 2. The highest BCUT2D eigenvalue weighted by atomic mass is 35.5. The molecule has 2 atom stereocenters. The van der Waals surface area contributed by atoms with Crippen LogP contribution >= 0.6 is 23.2 Å². The first-order valence-electron chi connectivity index (χ1n) is 13.5. The van der Waals surface area contributed by atoms with Crippen molar-refractivity contribution in [1.29, 1.82) is 0 Å². The Morgan fingerprint density at radius 1 is 1.11 bits per heavy atom. The number of morpholine rings is 1. The summed E-state index contributed by atoms with van der Waals surface area (Å²) in [5, 5.41) is 4.15. The van der Waals surface area contributed by atoms with E-state index in [0.717, 1.165) is 57.6 Å². The number of likely N-dealkylation sites (tertiary alicyclic amines) is 1. The third kappa shape index (κ3) is 6.20. The number of aliphatic imine (C=N–C) groups is 1. The fraction of sp³-hybridized carbons (Fsp3) is 0.571. The van der Waals surface area contributed by atoms with Gasteiger partial charge in [0.1, 0.15) is 11.5 Å². The number of benzene rings is 1. The van der Waals surface area contributed by atoms with E-state index in [-0.39, 0.29) is 17.9 Å². The third-order valence-electron chi connectivity index (χ3n) is 8.06. The highest BCUT2D eigenvalue weighted by Gasteiger charge is 2.40. The van der Waals surface area contributed by atoms with Crippen molar-refractivity contribution in [3.8, 4) is 0 Å². The van der Waals surface area contributed by atoms with E-state index in [2.05, 4.69) is 21.8 Å². The van der Waals surface area contributed by atoms with Crippen LogP contribution in [0.25, 0.3) is 0 Å². The molecular weight excluding hydrogens is 525 g/mol. The molecule has 1 aromatic carbocycles. The molecule has 3 N–H and O–H groups in total. The fourth-order valence-electron chi connectivity index (χ4n) is 5.59. The highest BCUT2D eigenvalue weighted by Crippen LogP contribution is 2.32. The molecule has 8 nitrogen and oxygen atoms in total. The first kappa shape index (κ1) is 27.5. The van der Waals surface area contributed by atoms with Crippen molar-refractivity contribution in [3.05, 3.63) is 51.8 Å². The Kier molecular flexibility index (Phi) is 8.65. The minimum absolute atomic E-state index is 0.104. The van der Waals surface area contributed by atoms with Crippen molar-refractivity contribution >= 4 is 40.6 Å². The molecule has 1 aromatic rings. The topological polar surface area (TPSA) is 92.4 Å². The summed E-state index contributed by atoms with van der Waals surface area (Å²) in [4.78, 5) is 23.0. The Bertz CT molecular complexity index is 1130. The molecule has 1 amide bonds. The number of nitrogens with zero attached hydrogens (tertiary/aromatic N) is 3. The summed E-state index contributed by atoms with van der Waals surface area (Å²) < 4.78 is 11.6. The van der Waals surface area contributed by atoms with Crippen LogP contribution in [0.1, 0.15) is 39.0 Å². The third-order valence-corrected chi connectivity index (χ3v) is 8.80. The van der Waals surface area contributed by atoms with Gasteiger partial charge in [0.15, 0.2) is 0 Å². The lowest BCUT2D eigenvalue weighted by molar-refractivity contribution is -0.151. The smallest absolute Gasteiger partial charge is 0.272 e. The molecular formula is C28H37Cl2N5O3. The number of anilines is 1. The minimum atomic E-state index is -0.104. The number of carbonyl (C=O) groups is 1. The lowest BCUT2D eigenvalue weighted by Crippen LogP contribution is -2.60. The van der Waals surface area contributed by atoms with Crippen LogP contribution < -0.4 is 11.1 Å². The van der Waals surface area contributed by atoms with Crippen LogP contribution in [0.4, 0.5) is 5.69 Å². The molecule has 0 aromatic heterocycles. The normalized spacial score (nSPS) is 26.0. The second-order valence-corrected chi connectivity index (χ2v) is 11.4. The Balaban J connectivity index is 1.29. The van der Waals surface area contributed by atoms with E-state index >= 15 is 0 Å². The van der Waals surface area contributed by atoms with E-state index in [1.54, 1.807) is 12.1 Å². The number of nitrogens with two attached hydrogens (primary N) is 1. The number of amides is 1. The van der Waals surface area contributed by atoms with Crippen LogP contribution in [0.3, 0.4) is 0 Å². The van der Waals surface area contributed by atoms with Gasteiger partial charge in [0, 0.05) is 61.2 Å². The number of ether oxygens (including phenoxy) is 2. The number of rotatable bonds is 7. The van der Waals surface area contributed by atoms with Crippen molar-refractivity contribution in [2.24, 2.45) is 16.6 Å². The van der Waals surface area contributed by atoms with Crippen molar-refractivity contribution in [1.82, 2.24) is 9.80 Å². The van der Waals surface area contributed by atoms with Gasteiger partial charge < -0.3 is 25.4 Å². The van der Waals surface area contributed by atoms with Gasteiger partial charge in [-0.25, -0.2) is 4.99 Å². The van der Waals surface area contributed by atoms with Gasteiger partial charge in [0.2, 0.25) is 0 Å². The zero-order chi connectivity index (χ0) is 26.8. The molecule has 4 aliphatic rings. The second-order valence-electron chi connectivity index (χ2n) is 10.6. The molecule has 5 rings (SSSR count). The number of fused-ring (bicyclic) bond motifs is 1. The number of piperidine rings is 1. The SMILES string of the molecule is C=C(Nc1ccc(Cl)c(Cl)c1)/C(C)=C(\N=C(N)C1CC1)C(=O)N1CCC(N2CCO[C@H]3COCC[C@H]32)CC1. The summed E-state index contributed by atoms with van der Waals surface area (Å²) in [6.45, 7) is 10.5. The maximum atomic E-state index is 13.8. The number of hydrogen-bond acceptors (Lipinski definition) is 6. The summed E-state index contributed by atoms with van der Waals surface area (Å²) >= 11 is 12.2. The molecule has 3 aliphatic heterocycles. The monoisotopic (exact) mass is 561 g/mol. The van der Waals surface area contributed by atoms with Crippen LogP contribution in [0.5, 0.6) is 0 Å². The van der Waals surface area contributed by atoms with Crippen LogP contribution in [0.15, 0.2) is 46.7 Å². The van der Waals surface area contributed by atoms with Gasteiger partial charge in [-0.2, -0.15) is 0 Å². The number of carbonyl (C=O) groups excluding carboxylic acids is 1. The standard InChI is InChI=1S/C28H37Cl2N5O3/c1-17(18(2)32-20-5-6-22(29)23(30)15-20)26(33-27(31)19-3-4-19)28(36)34-10-7-21(8-11-34)35-12-14-38-25-16-37-13-9-24(25)35/h5-6,15,19,21,24-25,32H,2-4,7-14,16H2,1H3,(H2,31,33)/b26-17-/t24-,25+/m1/s1. The lowest BCUT2D eigenvalue weighted by atomic mass is 9.95. The van der Waals surface area contributed by atoms with Crippen molar-refractivity contribution in [3.63, 3.8) is 0 Å². The minimum Gasteiger partial charge on any atom is -0.387 e. The van der Waals surface area contributed by atoms with E-state index in [1.807, 2.05) is 17.9 Å². The van der Waals surface area contributed by atoms with Crippen LogP contribution in [0.2, 0.25) is 10.0 Å². The van der Waals surface area contributed by atoms with Crippen LogP contribution in [-0.4, -0.2) is 79.2 Å². The predicted octanol–water partition coefficient (Wildman–Crippen LogP) is 4.44. The van der Waals surface area contributed by atoms with E-state index < -0.39 is 0 Å². The molecule has 0 radical (unpaired) electrons. The van der Waals surface area contributed by atoms with E-state index in [4.69, 9.17) is 38.4 Å². The largest absolute Gasteiger partial charge is 0.387 e. The number of nitrogens with one attached hydrogen (secondary N) is 1. The molecule has 4 fully saturated rings. The number of allylic oxidation sites excluding steroid dienone is 1. The molecule has 1 saturated carbocycles. The Morgan fingerprint density at radius 3 is 2.58 bits per heavy atom. The van der Waals surface area contributed by atoms with Crippen molar-refractivity contribution in [2.75, 3.05) is 44.8 Å². The Hall–Kier alpha value is -2.10. The number of amidine groups is 1. The first-order valence-corrected chi connectivity index (χ1v) is 14.3. The Morgan fingerprint density at radius 2 is 1.87 bits per heavy atom. The summed E-state index contributed by atoms with van der Waals surface area (Å²) in [7, 11) is 0. The maximum absolute atomic E-state index is 13.8. The van der Waals surface area contributed by atoms with Gasteiger partial charge in [-0.3, -0.25) is 9.69 Å². The molecule has 206 valence electrons. The molecule has 3 saturated heterocycles. The zero-order valence-electron chi connectivity index (χ0n) is 21.9. The van der Waals surface area contributed by atoms with Crippen LogP contribution in [-0.2, 0) is 14.3 Å². The molecule has 0 bridgehead atoms. The molecule has 0 unspecified atom stereocenters. The van der Waals surface area contributed by atoms with Crippen LogP contribution in [0, 0.1) is 5.92 Å².